The number of rotatable bonds is 10. The van der Waals surface area contributed by atoms with Crippen LogP contribution in [0.3, 0.4) is 0 Å². The average Bonchev–Trinajstić information content (AvgIpc) is 2.85. The van der Waals surface area contributed by atoms with Crippen molar-refractivity contribution in [2.75, 3.05) is 13.2 Å². The van der Waals surface area contributed by atoms with E-state index in [1.807, 2.05) is 24.3 Å². The van der Waals surface area contributed by atoms with Crippen molar-refractivity contribution < 1.29 is 14.7 Å². The van der Waals surface area contributed by atoms with Crippen molar-refractivity contribution in [3.63, 3.8) is 0 Å². The number of carbonyl (C=O) groups is 1. The van der Waals surface area contributed by atoms with Gasteiger partial charge in [-0.3, -0.25) is 4.79 Å². The molecule has 176 valence electrons. The molecule has 0 saturated carbocycles. The predicted molar refractivity (Wildman–Crippen MR) is 135 cm³/mol. The molecule has 6 nitrogen and oxygen atoms in total. The Morgan fingerprint density at radius 1 is 1.00 bits per heavy atom. The molecule has 4 rings (SSSR count). The highest BCUT2D eigenvalue weighted by molar-refractivity contribution is 5.95. The molecule has 0 aliphatic rings. The van der Waals surface area contributed by atoms with Crippen LogP contribution < -0.4 is 10.7 Å². The van der Waals surface area contributed by atoms with E-state index < -0.39 is 5.97 Å². The van der Waals surface area contributed by atoms with Crippen molar-refractivity contribution in [1.29, 1.82) is 0 Å². The maximum atomic E-state index is 10.9. The Morgan fingerprint density at radius 2 is 1.76 bits per heavy atom. The molecule has 1 heterocycles. The van der Waals surface area contributed by atoms with Gasteiger partial charge >= 0.3 is 5.97 Å². The Bertz CT molecular complexity index is 1360. The smallest absolute Gasteiger partial charge is 0.306 e. The normalized spacial score (nSPS) is 11.9. The summed E-state index contributed by atoms with van der Waals surface area (Å²) in [6, 6.07) is 22.8. The van der Waals surface area contributed by atoms with Gasteiger partial charge in [0.05, 0.1) is 17.5 Å². The van der Waals surface area contributed by atoms with E-state index in [0.717, 1.165) is 53.2 Å². The summed E-state index contributed by atoms with van der Waals surface area (Å²) < 4.78 is 2.38. The highest BCUT2D eigenvalue weighted by atomic mass is 16.6. The van der Waals surface area contributed by atoms with Gasteiger partial charge in [-0.05, 0) is 49.6 Å². The summed E-state index contributed by atoms with van der Waals surface area (Å²) in [5.41, 5.74) is 5.94. The SMILES string of the molecule is Cc1ccc2c(=NOCCC(=O)O)c3ccccc3n(CCCNCc3ccccc3)c2c1C. The van der Waals surface area contributed by atoms with Crippen molar-refractivity contribution >= 4 is 27.8 Å². The van der Waals surface area contributed by atoms with E-state index in [0.29, 0.717) is 0 Å². The number of benzene rings is 3. The number of hydrogen-bond acceptors (Lipinski definition) is 4. The van der Waals surface area contributed by atoms with Gasteiger partial charge in [-0.15, -0.1) is 0 Å². The lowest BCUT2D eigenvalue weighted by atomic mass is 10.0. The summed E-state index contributed by atoms with van der Waals surface area (Å²) in [5.74, 6) is -0.900. The number of fused-ring (bicyclic) bond motifs is 2. The van der Waals surface area contributed by atoms with Crippen LogP contribution in [0, 0.1) is 13.8 Å². The van der Waals surface area contributed by atoms with Crippen LogP contribution in [0.1, 0.15) is 29.5 Å². The molecular formula is C28H31N3O3. The number of nitrogens with zero attached hydrogens (tertiary/aromatic N) is 2. The van der Waals surface area contributed by atoms with Gasteiger partial charge in [-0.2, -0.15) is 0 Å². The molecule has 34 heavy (non-hydrogen) atoms. The third kappa shape index (κ3) is 5.29. The molecule has 0 fully saturated rings. The molecule has 3 aromatic carbocycles. The third-order valence-corrected chi connectivity index (χ3v) is 6.15. The molecule has 0 unspecified atom stereocenters. The molecular weight excluding hydrogens is 426 g/mol. The van der Waals surface area contributed by atoms with Gasteiger partial charge in [-0.25, -0.2) is 0 Å². The Kier molecular flexibility index (Phi) is 7.60. The molecule has 0 amide bonds. The van der Waals surface area contributed by atoms with Gasteiger partial charge in [0.25, 0.3) is 0 Å². The van der Waals surface area contributed by atoms with Crippen LogP contribution in [0.2, 0.25) is 0 Å². The summed E-state index contributed by atoms with van der Waals surface area (Å²) in [7, 11) is 0. The fourth-order valence-electron chi connectivity index (χ4n) is 4.28. The molecule has 4 aromatic rings. The topological polar surface area (TPSA) is 75.8 Å². The predicted octanol–water partition coefficient (Wildman–Crippen LogP) is 4.90. The largest absolute Gasteiger partial charge is 0.481 e. The van der Waals surface area contributed by atoms with E-state index in [1.54, 1.807) is 0 Å². The van der Waals surface area contributed by atoms with Crippen LogP contribution >= 0.6 is 0 Å². The molecule has 0 aliphatic carbocycles. The molecule has 0 bridgehead atoms. The zero-order chi connectivity index (χ0) is 23.9. The minimum absolute atomic E-state index is 0.0397. The van der Waals surface area contributed by atoms with Crippen molar-refractivity contribution in [1.82, 2.24) is 9.88 Å². The molecule has 0 atom stereocenters. The number of aliphatic carboxylic acids is 1. The number of aryl methyl sites for hydroxylation is 3. The third-order valence-electron chi connectivity index (χ3n) is 6.15. The van der Waals surface area contributed by atoms with Gasteiger partial charge < -0.3 is 19.8 Å². The van der Waals surface area contributed by atoms with Crippen LogP contribution in [0.5, 0.6) is 0 Å². The highest BCUT2D eigenvalue weighted by Crippen LogP contribution is 2.25. The van der Waals surface area contributed by atoms with Crippen molar-refractivity contribution in [2.24, 2.45) is 5.16 Å². The number of pyridine rings is 1. The monoisotopic (exact) mass is 457 g/mol. The first-order valence-electron chi connectivity index (χ1n) is 11.7. The summed E-state index contributed by atoms with van der Waals surface area (Å²) >= 11 is 0. The van der Waals surface area contributed by atoms with Crippen LogP contribution in [-0.2, 0) is 22.7 Å². The minimum atomic E-state index is -0.900. The Morgan fingerprint density at radius 3 is 2.56 bits per heavy atom. The molecule has 0 radical (unpaired) electrons. The van der Waals surface area contributed by atoms with Crippen molar-refractivity contribution in [3.8, 4) is 0 Å². The number of carboxylic acid groups (broad SMARTS) is 1. The first kappa shape index (κ1) is 23.5. The fourth-order valence-corrected chi connectivity index (χ4v) is 4.28. The quantitative estimate of drug-likeness (QED) is 0.202. The number of hydrogen-bond donors (Lipinski definition) is 2. The van der Waals surface area contributed by atoms with Crippen molar-refractivity contribution in [2.45, 2.75) is 39.8 Å². The van der Waals surface area contributed by atoms with E-state index in [2.05, 4.69) is 71.4 Å². The molecule has 2 N–H and O–H groups in total. The number of nitrogens with one attached hydrogen (secondary N) is 1. The second-order valence-electron chi connectivity index (χ2n) is 8.51. The van der Waals surface area contributed by atoms with E-state index in [1.165, 1.54) is 16.7 Å². The Hall–Kier alpha value is -3.64. The summed E-state index contributed by atoms with van der Waals surface area (Å²) in [4.78, 5) is 16.3. The van der Waals surface area contributed by atoms with Crippen LogP contribution in [0.25, 0.3) is 21.8 Å². The summed E-state index contributed by atoms with van der Waals surface area (Å²) in [6.07, 6.45) is 0.899. The second-order valence-corrected chi connectivity index (χ2v) is 8.51. The van der Waals surface area contributed by atoms with Crippen molar-refractivity contribution in [3.05, 3.63) is 88.8 Å². The lowest BCUT2D eigenvalue weighted by molar-refractivity contribution is -0.138. The zero-order valence-corrected chi connectivity index (χ0v) is 19.8. The van der Waals surface area contributed by atoms with Gasteiger partial charge in [0.15, 0.2) is 0 Å². The zero-order valence-electron chi connectivity index (χ0n) is 19.8. The van der Waals surface area contributed by atoms with Gasteiger partial charge in [0, 0.05) is 23.9 Å². The van der Waals surface area contributed by atoms with Gasteiger partial charge in [-0.1, -0.05) is 65.8 Å². The second kappa shape index (κ2) is 11.0. The van der Waals surface area contributed by atoms with Crippen LogP contribution in [-0.4, -0.2) is 28.8 Å². The van der Waals surface area contributed by atoms with E-state index >= 15 is 0 Å². The maximum Gasteiger partial charge on any atom is 0.306 e. The van der Waals surface area contributed by atoms with Gasteiger partial charge in [0.1, 0.15) is 12.0 Å². The molecule has 0 spiro atoms. The average molecular weight is 458 g/mol. The Labute approximate surface area is 199 Å². The van der Waals surface area contributed by atoms with E-state index in [9.17, 15) is 4.79 Å². The molecule has 0 saturated heterocycles. The van der Waals surface area contributed by atoms with E-state index in [-0.39, 0.29) is 13.0 Å². The maximum absolute atomic E-state index is 10.9. The fraction of sp³-hybridized carbons (Fsp3) is 0.286. The lowest BCUT2D eigenvalue weighted by Gasteiger charge is -2.19. The summed E-state index contributed by atoms with van der Waals surface area (Å²) in [6.45, 7) is 6.94. The van der Waals surface area contributed by atoms with E-state index in [4.69, 9.17) is 9.94 Å². The highest BCUT2D eigenvalue weighted by Gasteiger charge is 2.13. The van der Waals surface area contributed by atoms with Crippen LogP contribution in [0.4, 0.5) is 0 Å². The standard InChI is InChI=1S/C28H31N3O3/c1-20-13-14-24-27(30-34-18-15-26(32)33)23-11-6-7-12-25(23)31(28(24)21(20)2)17-8-16-29-19-22-9-4-3-5-10-22/h3-7,9-14,29H,8,15-19H2,1-2H3,(H,32,33). The number of para-hydroxylation sites is 1. The summed E-state index contributed by atoms with van der Waals surface area (Å²) in [5, 5.41) is 19.6. The molecule has 6 heteroatoms. The number of carboxylic acids is 1. The lowest BCUT2D eigenvalue weighted by Crippen LogP contribution is -2.19. The van der Waals surface area contributed by atoms with Gasteiger partial charge in [0.2, 0.25) is 0 Å². The molecule has 1 aromatic heterocycles. The van der Waals surface area contributed by atoms with Crippen LogP contribution in [0.15, 0.2) is 71.9 Å². The Balaban J connectivity index is 1.68. The first-order chi connectivity index (χ1) is 16.6. The first-order valence-corrected chi connectivity index (χ1v) is 11.7. The molecule has 0 aliphatic heterocycles. The number of aromatic nitrogens is 1. The minimum Gasteiger partial charge on any atom is -0.481 e.